The summed E-state index contributed by atoms with van der Waals surface area (Å²) >= 11 is 0. The van der Waals surface area contributed by atoms with Crippen molar-refractivity contribution in [2.45, 2.75) is 18.4 Å². The largest absolute Gasteiger partial charge is 0.464 e. The van der Waals surface area contributed by atoms with Crippen LogP contribution in [-0.2, 0) is 24.5 Å². The number of nitrogens with one attached hydrogen (secondary N) is 1. The van der Waals surface area contributed by atoms with Crippen LogP contribution in [0, 0.1) is 0 Å². The number of hydrogen-bond acceptors (Lipinski definition) is 7. The third-order valence-corrected chi connectivity index (χ3v) is 4.16. The van der Waals surface area contributed by atoms with Gasteiger partial charge < -0.3 is 14.8 Å². The van der Waals surface area contributed by atoms with Crippen molar-refractivity contribution in [2.24, 2.45) is 10.2 Å². The molecule has 7 nitrogen and oxygen atoms in total. The molecule has 1 aromatic rings. The van der Waals surface area contributed by atoms with Crippen molar-refractivity contribution >= 4 is 29.0 Å². The lowest BCUT2D eigenvalue weighted by Gasteiger charge is -2.33. The Balaban J connectivity index is 2.21. The fourth-order valence-electron chi connectivity index (χ4n) is 3.00. The first-order chi connectivity index (χ1) is 10.5. The molecule has 0 saturated carbocycles. The van der Waals surface area contributed by atoms with Gasteiger partial charge in [-0.1, -0.05) is 18.2 Å². The number of anilines is 1. The Hall–Kier alpha value is -2.70. The Morgan fingerprint density at radius 3 is 2.50 bits per heavy atom. The predicted octanol–water partition coefficient (Wildman–Crippen LogP) is 0.895. The maximum absolute atomic E-state index is 12.1. The minimum Gasteiger partial charge on any atom is -0.464 e. The maximum Gasteiger partial charge on any atom is 0.356 e. The topological polar surface area (TPSA) is 89.4 Å². The number of rotatable bonds is 2. The number of carbonyl (C=O) groups excluding carboxylic acids is 2. The number of ether oxygens (including phenoxy) is 2. The van der Waals surface area contributed by atoms with E-state index in [0.717, 1.165) is 11.3 Å². The van der Waals surface area contributed by atoms with Crippen LogP contribution in [0.2, 0.25) is 0 Å². The fraction of sp³-hybridized carbons (Fsp3) is 0.333. The molecule has 2 heterocycles. The van der Waals surface area contributed by atoms with Gasteiger partial charge in [0.1, 0.15) is 0 Å². The molecular weight excluding hydrogens is 286 g/mol. The molecule has 2 aliphatic heterocycles. The highest BCUT2D eigenvalue weighted by molar-refractivity contribution is 6.47. The van der Waals surface area contributed by atoms with Crippen LogP contribution in [0.25, 0.3) is 0 Å². The lowest BCUT2D eigenvalue weighted by Crippen LogP contribution is -2.54. The summed E-state index contributed by atoms with van der Waals surface area (Å²) in [7, 11) is 2.57. The average Bonchev–Trinajstić information content (AvgIpc) is 2.86. The second-order valence-electron chi connectivity index (χ2n) is 5.24. The molecule has 22 heavy (non-hydrogen) atoms. The molecule has 1 N–H and O–H groups in total. The molecule has 0 aliphatic carbocycles. The second-order valence-corrected chi connectivity index (χ2v) is 5.24. The summed E-state index contributed by atoms with van der Waals surface area (Å²) < 4.78 is 9.59. The molecule has 3 rings (SSSR count). The SMILES string of the molecule is COC(=O)C1=NN=C(C(=O)OC)[C@@]2(C)c3ccccc3NC12. The lowest BCUT2D eigenvalue weighted by atomic mass is 9.72. The van der Waals surface area contributed by atoms with Crippen LogP contribution in [0.3, 0.4) is 0 Å². The highest BCUT2D eigenvalue weighted by atomic mass is 16.5. The normalized spacial score (nSPS) is 25.1. The van der Waals surface area contributed by atoms with E-state index >= 15 is 0 Å². The molecule has 7 heteroatoms. The van der Waals surface area contributed by atoms with E-state index in [-0.39, 0.29) is 11.4 Å². The number of fused-ring (bicyclic) bond motifs is 3. The Morgan fingerprint density at radius 2 is 1.82 bits per heavy atom. The van der Waals surface area contributed by atoms with Crippen molar-refractivity contribution < 1.29 is 19.1 Å². The number of para-hydroxylation sites is 1. The zero-order chi connectivity index (χ0) is 15.9. The van der Waals surface area contributed by atoms with Crippen molar-refractivity contribution in [3.63, 3.8) is 0 Å². The maximum atomic E-state index is 12.1. The van der Waals surface area contributed by atoms with Gasteiger partial charge in [0.2, 0.25) is 0 Å². The van der Waals surface area contributed by atoms with Gasteiger partial charge in [0.25, 0.3) is 0 Å². The molecule has 0 bridgehead atoms. The molecule has 2 atom stereocenters. The Kier molecular flexibility index (Phi) is 3.20. The molecule has 114 valence electrons. The monoisotopic (exact) mass is 301 g/mol. The smallest absolute Gasteiger partial charge is 0.356 e. The fourth-order valence-corrected chi connectivity index (χ4v) is 3.00. The molecular formula is C15H15N3O4. The van der Waals surface area contributed by atoms with E-state index in [0.29, 0.717) is 0 Å². The van der Waals surface area contributed by atoms with Crippen LogP contribution >= 0.6 is 0 Å². The number of hydrogen-bond donors (Lipinski definition) is 1. The van der Waals surface area contributed by atoms with Crippen LogP contribution < -0.4 is 5.32 Å². The van der Waals surface area contributed by atoms with E-state index in [2.05, 4.69) is 15.5 Å². The molecule has 1 unspecified atom stereocenters. The molecule has 0 amide bonds. The molecule has 2 aliphatic rings. The van der Waals surface area contributed by atoms with Crippen LogP contribution in [-0.4, -0.2) is 43.6 Å². The summed E-state index contributed by atoms with van der Waals surface area (Å²) in [5.74, 6) is -1.15. The standard InChI is InChI=1S/C15H15N3O4/c1-15-8-6-4-5-7-9(8)16-11(15)10(13(19)21-2)17-18-12(15)14(20)22-3/h4-7,11,16H,1-3H3/t11?,15-/m0/s1. The molecule has 0 fully saturated rings. The highest BCUT2D eigenvalue weighted by Crippen LogP contribution is 2.44. The van der Waals surface area contributed by atoms with Crippen molar-refractivity contribution in [1.29, 1.82) is 0 Å². The Bertz CT molecular complexity index is 725. The van der Waals surface area contributed by atoms with E-state index < -0.39 is 23.4 Å². The van der Waals surface area contributed by atoms with Crippen LogP contribution in [0.4, 0.5) is 5.69 Å². The Labute approximate surface area is 127 Å². The number of nitrogens with zero attached hydrogens (tertiary/aromatic N) is 2. The van der Waals surface area contributed by atoms with Gasteiger partial charge in [-0.2, -0.15) is 0 Å². The second kappa shape index (κ2) is 4.94. The zero-order valence-corrected chi connectivity index (χ0v) is 12.4. The molecule has 0 spiro atoms. The average molecular weight is 301 g/mol. The summed E-state index contributed by atoms with van der Waals surface area (Å²) in [6, 6.07) is 6.97. The number of benzene rings is 1. The van der Waals surface area contributed by atoms with Crippen molar-refractivity contribution in [3.8, 4) is 0 Å². The van der Waals surface area contributed by atoms with E-state index in [1.807, 2.05) is 31.2 Å². The van der Waals surface area contributed by atoms with Crippen molar-refractivity contribution in [2.75, 3.05) is 19.5 Å². The summed E-state index contributed by atoms with van der Waals surface area (Å²) in [6.07, 6.45) is 0. The molecule has 0 radical (unpaired) electrons. The van der Waals surface area contributed by atoms with E-state index in [1.54, 1.807) is 0 Å². The zero-order valence-electron chi connectivity index (χ0n) is 12.4. The van der Waals surface area contributed by atoms with E-state index in [1.165, 1.54) is 14.2 Å². The van der Waals surface area contributed by atoms with Gasteiger partial charge in [0, 0.05) is 5.69 Å². The first-order valence-electron chi connectivity index (χ1n) is 6.72. The lowest BCUT2D eigenvalue weighted by molar-refractivity contribution is -0.134. The van der Waals surface area contributed by atoms with Gasteiger partial charge in [0.15, 0.2) is 11.4 Å². The predicted molar refractivity (Wildman–Crippen MR) is 80.1 cm³/mol. The van der Waals surface area contributed by atoms with Gasteiger partial charge >= 0.3 is 11.9 Å². The van der Waals surface area contributed by atoms with Gasteiger partial charge in [-0.3, -0.25) is 0 Å². The number of carbonyl (C=O) groups is 2. The van der Waals surface area contributed by atoms with Gasteiger partial charge in [-0.25, -0.2) is 9.59 Å². The summed E-state index contributed by atoms with van der Waals surface area (Å²) in [4.78, 5) is 24.1. The summed E-state index contributed by atoms with van der Waals surface area (Å²) in [6.45, 7) is 1.84. The number of methoxy groups -OCH3 is 2. The van der Waals surface area contributed by atoms with Crippen molar-refractivity contribution in [3.05, 3.63) is 29.8 Å². The molecule has 1 aromatic carbocycles. The third-order valence-electron chi connectivity index (χ3n) is 4.16. The van der Waals surface area contributed by atoms with E-state index in [4.69, 9.17) is 9.47 Å². The highest BCUT2D eigenvalue weighted by Gasteiger charge is 2.55. The first kappa shape index (κ1) is 14.2. The third kappa shape index (κ3) is 1.75. The quantitative estimate of drug-likeness (QED) is 0.820. The Morgan fingerprint density at radius 1 is 1.14 bits per heavy atom. The van der Waals surface area contributed by atoms with Gasteiger partial charge in [-0.15, -0.1) is 10.2 Å². The molecule has 0 aromatic heterocycles. The summed E-state index contributed by atoms with van der Waals surface area (Å²) in [5.41, 5.74) is 1.12. The van der Waals surface area contributed by atoms with E-state index in [9.17, 15) is 9.59 Å². The first-order valence-corrected chi connectivity index (χ1v) is 6.72. The number of esters is 2. The van der Waals surface area contributed by atoms with Gasteiger partial charge in [0.05, 0.1) is 25.7 Å². The minimum atomic E-state index is -0.852. The minimum absolute atomic E-state index is 0.133. The van der Waals surface area contributed by atoms with Crippen molar-refractivity contribution in [1.82, 2.24) is 0 Å². The van der Waals surface area contributed by atoms with Gasteiger partial charge in [-0.05, 0) is 18.6 Å². The van der Waals surface area contributed by atoms with Crippen LogP contribution in [0.1, 0.15) is 12.5 Å². The molecule has 0 saturated heterocycles. The van der Waals surface area contributed by atoms with Crippen LogP contribution in [0.15, 0.2) is 34.5 Å². The summed E-state index contributed by atoms with van der Waals surface area (Å²) in [5, 5.41) is 11.1. The van der Waals surface area contributed by atoms with Crippen LogP contribution in [0.5, 0.6) is 0 Å².